The quantitative estimate of drug-likeness (QED) is 0.467. The molecule has 0 bridgehead atoms. The van der Waals surface area contributed by atoms with E-state index in [0.717, 1.165) is 28.1 Å². The van der Waals surface area contributed by atoms with Crippen molar-refractivity contribution in [1.82, 2.24) is 10.4 Å². The topological polar surface area (TPSA) is 70.7 Å². The minimum atomic E-state index is -0.517. The van der Waals surface area contributed by atoms with Crippen LogP contribution in [0.15, 0.2) is 60.7 Å². The number of hydrogen-bond acceptors (Lipinski definition) is 8. The van der Waals surface area contributed by atoms with Crippen LogP contribution in [-0.2, 0) is 0 Å². The molecule has 3 aromatic carbocycles. The summed E-state index contributed by atoms with van der Waals surface area (Å²) in [7, 11) is 6.46. The summed E-state index contributed by atoms with van der Waals surface area (Å²) in [6, 6.07) is 17.6. The fourth-order valence-electron chi connectivity index (χ4n) is 4.68. The van der Waals surface area contributed by atoms with Crippen molar-refractivity contribution in [3.05, 3.63) is 77.4 Å². The predicted octanol–water partition coefficient (Wildman–Crippen LogP) is 5.11. The van der Waals surface area contributed by atoms with Crippen molar-refractivity contribution in [2.24, 2.45) is 0 Å². The normalized spacial score (nSPS) is 18.2. The molecule has 0 amide bonds. The second-order valence-corrected chi connectivity index (χ2v) is 8.31. The molecule has 8 heteroatoms. The van der Waals surface area contributed by atoms with Gasteiger partial charge in [-0.05, 0) is 43.3 Å². The molecule has 36 heavy (non-hydrogen) atoms. The monoisotopic (exact) mass is 490 g/mol. The molecule has 5 rings (SSSR count). The van der Waals surface area contributed by atoms with Crippen LogP contribution in [0.25, 0.3) is 5.70 Å². The summed E-state index contributed by atoms with van der Waals surface area (Å²) >= 11 is 0. The Kier molecular flexibility index (Phi) is 6.52. The fraction of sp³-hybridized carbons (Fsp3) is 0.286. The van der Waals surface area contributed by atoms with Gasteiger partial charge in [0.15, 0.2) is 29.2 Å². The van der Waals surface area contributed by atoms with Gasteiger partial charge in [-0.3, -0.25) is 0 Å². The van der Waals surface area contributed by atoms with Crippen LogP contribution in [-0.4, -0.2) is 40.1 Å². The number of benzene rings is 3. The van der Waals surface area contributed by atoms with Gasteiger partial charge in [-0.2, -0.15) is 5.01 Å². The van der Waals surface area contributed by atoms with E-state index >= 15 is 0 Å². The van der Waals surface area contributed by atoms with Crippen LogP contribution in [0.4, 0.5) is 0 Å². The van der Waals surface area contributed by atoms with Gasteiger partial charge in [-0.15, -0.1) is 0 Å². The van der Waals surface area contributed by atoms with E-state index in [0.29, 0.717) is 35.4 Å². The molecule has 3 aromatic rings. The molecule has 2 aliphatic rings. The first-order valence-corrected chi connectivity index (χ1v) is 11.7. The van der Waals surface area contributed by atoms with Crippen molar-refractivity contribution < 1.29 is 28.4 Å². The molecule has 2 aliphatic heterocycles. The average molecular weight is 491 g/mol. The van der Waals surface area contributed by atoms with Gasteiger partial charge in [0.25, 0.3) is 0 Å². The Morgan fingerprint density at radius 1 is 0.861 bits per heavy atom. The lowest BCUT2D eigenvalue weighted by Crippen LogP contribution is -2.43. The molecule has 0 spiro atoms. The lowest BCUT2D eigenvalue weighted by atomic mass is 10.00. The minimum absolute atomic E-state index is 0.112. The van der Waals surface area contributed by atoms with E-state index in [9.17, 15) is 0 Å². The van der Waals surface area contributed by atoms with Crippen LogP contribution in [0.2, 0.25) is 0 Å². The maximum atomic E-state index is 6.65. The number of hydrogen-bond donors (Lipinski definition) is 1. The Morgan fingerprint density at radius 3 is 2.28 bits per heavy atom. The highest BCUT2D eigenvalue weighted by Gasteiger charge is 2.42. The highest BCUT2D eigenvalue weighted by molar-refractivity contribution is 5.69. The van der Waals surface area contributed by atoms with Crippen molar-refractivity contribution in [3.8, 4) is 34.5 Å². The van der Waals surface area contributed by atoms with Crippen LogP contribution in [0.5, 0.6) is 34.5 Å². The third-order valence-corrected chi connectivity index (χ3v) is 6.34. The molecule has 2 heterocycles. The first-order valence-electron chi connectivity index (χ1n) is 11.7. The lowest BCUT2D eigenvalue weighted by molar-refractivity contribution is -0.0348. The van der Waals surface area contributed by atoms with Crippen LogP contribution in [0.3, 0.4) is 0 Å². The second-order valence-electron chi connectivity index (χ2n) is 8.31. The highest BCUT2D eigenvalue weighted by atomic mass is 16.5. The second kappa shape index (κ2) is 9.91. The van der Waals surface area contributed by atoms with Crippen molar-refractivity contribution in [1.29, 1.82) is 0 Å². The number of ether oxygens (including phenoxy) is 6. The number of methoxy groups -OCH3 is 4. The molecule has 0 radical (unpaired) electrons. The van der Waals surface area contributed by atoms with Crippen LogP contribution in [0.1, 0.15) is 35.9 Å². The number of para-hydroxylation sites is 1. The van der Waals surface area contributed by atoms with E-state index in [1.54, 1.807) is 28.4 Å². The smallest absolute Gasteiger partial charge is 0.203 e. The largest absolute Gasteiger partial charge is 0.497 e. The zero-order chi connectivity index (χ0) is 25.2. The Morgan fingerprint density at radius 2 is 1.61 bits per heavy atom. The van der Waals surface area contributed by atoms with E-state index in [-0.39, 0.29) is 6.04 Å². The summed E-state index contributed by atoms with van der Waals surface area (Å²) in [5.74, 6) is 3.83. The summed E-state index contributed by atoms with van der Waals surface area (Å²) in [4.78, 5) is 0. The Labute approximate surface area is 210 Å². The molecule has 2 atom stereocenters. The summed E-state index contributed by atoms with van der Waals surface area (Å²) < 4.78 is 34.8. The highest BCUT2D eigenvalue weighted by Crippen LogP contribution is 2.51. The summed E-state index contributed by atoms with van der Waals surface area (Å²) in [5.41, 5.74) is 7.37. The van der Waals surface area contributed by atoms with E-state index in [1.807, 2.05) is 55.5 Å². The SMILES string of the molecule is CCOc1cccc2c1OC(c1cc(OC)c(OC)c(OC)c1)N1NC(c3cccc(OC)c3)=CC21. The maximum Gasteiger partial charge on any atom is 0.203 e. The molecule has 0 fully saturated rings. The first kappa shape index (κ1) is 23.7. The number of rotatable bonds is 8. The Hall–Kier alpha value is -4.04. The number of nitrogens with one attached hydrogen (secondary N) is 1. The van der Waals surface area contributed by atoms with Gasteiger partial charge in [-0.1, -0.05) is 24.3 Å². The minimum Gasteiger partial charge on any atom is -0.497 e. The summed E-state index contributed by atoms with van der Waals surface area (Å²) in [5, 5.41) is 2.08. The van der Waals surface area contributed by atoms with Crippen LogP contribution in [0, 0.1) is 0 Å². The van der Waals surface area contributed by atoms with Crippen molar-refractivity contribution >= 4 is 5.70 Å². The van der Waals surface area contributed by atoms with E-state index in [1.165, 1.54) is 0 Å². The van der Waals surface area contributed by atoms with Crippen LogP contribution < -0.4 is 33.8 Å². The van der Waals surface area contributed by atoms with Gasteiger partial charge in [-0.25, -0.2) is 0 Å². The van der Waals surface area contributed by atoms with Crippen molar-refractivity contribution in [2.75, 3.05) is 35.0 Å². The average Bonchev–Trinajstić information content (AvgIpc) is 3.38. The molecule has 0 saturated carbocycles. The molecular formula is C28H30N2O6. The third-order valence-electron chi connectivity index (χ3n) is 6.34. The molecule has 0 saturated heterocycles. The number of fused-ring (bicyclic) bond motifs is 3. The molecule has 1 N–H and O–H groups in total. The molecule has 2 unspecified atom stereocenters. The molecule has 0 aliphatic carbocycles. The fourth-order valence-corrected chi connectivity index (χ4v) is 4.68. The third kappa shape index (κ3) is 4.03. The first-order chi connectivity index (χ1) is 17.6. The Balaban J connectivity index is 1.64. The predicted molar refractivity (Wildman–Crippen MR) is 136 cm³/mol. The van der Waals surface area contributed by atoms with Gasteiger partial charge in [0.2, 0.25) is 5.75 Å². The zero-order valence-corrected chi connectivity index (χ0v) is 21.0. The number of hydrazine groups is 1. The molecule has 8 nitrogen and oxygen atoms in total. The van der Waals surface area contributed by atoms with Crippen molar-refractivity contribution in [2.45, 2.75) is 19.2 Å². The van der Waals surface area contributed by atoms with E-state index < -0.39 is 6.23 Å². The van der Waals surface area contributed by atoms with Crippen molar-refractivity contribution in [3.63, 3.8) is 0 Å². The van der Waals surface area contributed by atoms with Gasteiger partial charge in [0.05, 0.1) is 46.8 Å². The summed E-state index contributed by atoms with van der Waals surface area (Å²) in [6.07, 6.45) is 1.67. The lowest BCUT2D eigenvalue weighted by Gasteiger charge is -2.39. The standard InChI is InChI=1S/C28H30N2O6/c1-6-35-23-12-8-11-20-22-16-21(17-9-7-10-19(13-17)31-2)29-30(22)28(36-26(20)23)18-14-24(32-3)27(34-5)25(15-18)33-4/h7-16,22,28-29H,6H2,1-5H3. The van der Waals surface area contributed by atoms with E-state index in [2.05, 4.69) is 22.6 Å². The number of nitrogens with zero attached hydrogens (tertiary/aromatic N) is 1. The summed E-state index contributed by atoms with van der Waals surface area (Å²) in [6.45, 7) is 2.50. The van der Waals surface area contributed by atoms with Gasteiger partial charge >= 0.3 is 0 Å². The van der Waals surface area contributed by atoms with Crippen LogP contribution >= 0.6 is 0 Å². The molecular weight excluding hydrogens is 460 g/mol. The van der Waals surface area contributed by atoms with Gasteiger partial charge in [0.1, 0.15) is 5.75 Å². The molecule has 0 aromatic heterocycles. The maximum absolute atomic E-state index is 6.65. The zero-order valence-electron chi connectivity index (χ0n) is 21.0. The van der Waals surface area contributed by atoms with Gasteiger partial charge < -0.3 is 33.8 Å². The Bertz CT molecular complexity index is 1270. The molecule has 188 valence electrons. The van der Waals surface area contributed by atoms with Gasteiger partial charge in [0, 0.05) is 16.7 Å². The van der Waals surface area contributed by atoms with E-state index in [4.69, 9.17) is 28.4 Å².